The third kappa shape index (κ3) is 31.9. The second-order valence-electron chi connectivity index (χ2n) is 25.8. The Bertz CT molecular complexity index is 2580. The summed E-state index contributed by atoms with van der Waals surface area (Å²) in [6.45, 7) is 15.7. The van der Waals surface area contributed by atoms with Crippen molar-refractivity contribution in [3.8, 4) is 0 Å². The molecule has 0 saturated carbocycles. The Kier molecular flexibility index (Phi) is 43.5. The van der Waals surface area contributed by atoms with Crippen molar-refractivity contribution in [2.24, 2.45) is 46.6 Å². The second kappa shape index (κ2) is 48.2. The summed E-state index contributed by atoms with van der Waals surface area (Å²) in [4.78, 5) is 190. The van der Waals surface area contributed by atoms with Crippen LogP contribution in [0.3, 0.4) is 0 Å². The molecule has 33 heteroatoms. The van der Waals surface area contributed by atoms with E-state index in [0.29, 0.717) is 90.3 Å². The third-order valence-electron chi connectivity index (χ3n) is 17.5. The first-order chi connectivity index (χ1) is 46.4. The minimum atomic E-state index is -1.78. The van der Waals surface area contributed by atoms with E-state index in [1.165, 1.54) is 0 Å². The zero-order valence-electron chi connectivity index (χ0n) is 59.3. The van der Waals surface area contributed by atoms with Crippen LogP contribution in [0.15, 0.2) is 0 Å². The van der Waals surface area contributed by atoms with E-state index in [2.05, 4.69) is 69.1 Å². The highest BCUT2D eigenvalue weighted by molar-refractivity contribution is 6.00. The number of primary amides is 2. The van der Waals surface area contributed by atoms with Gasteiger partial charge in [-0.2, -0.15) is 0 Å². The van der Waals surface area contributed by atoms with Crippen LogP contribution in [0.25, 0.3) is 0 Å². The van der Waals surface area contributed by atoms with E-state index in [9.17, 15) is 77.3 Å². The zero-order chi connectivity index (χ0) is 74.2. The Labute approximate surface area is 576 Å². The Morgan fingerprint density at radius 2 is 0.776 bits per heavy atom. The van der Waals surface area contributed by atoms with E-state index in [4.69, 9.17) is 22.9 Å². The van der Waals surface area contributed by atoms with Gasteiger partial charge in [-0.05, 0) is 114 Å². The number of carbonyl (C=O) groups excluding carboxylic acids is 14. The van der Waals surface area contributed by atoms with Crippen molar-refractivity contribution in [1.29, 1.82) is 0 Å². The van der Waals surface area contributed by atoms with Crippen LogP contribution in [0.1, 0.15) is 191 Å². The maximum atomic E-state index is 14.3. The van der Waals surface area contributed by atoms with Gasteiger partial charge in [0, 0.05) is 6.42 Å². The molecule has 0 bridgehead atoms. The molecular formula is C65H119N17O16. The fraction of sp³-hybridized carbons (Fsp3) is 0.785. The Balaban J connectivity index is 3.29. The molecule has 14 amide bonds. The summed E-state index contributed by atoms with van der Waals surface area (Å²) in [6.07, 6.45) is 6.71. The molecule has 1 saturated heterocycles. The topological polar surface area (TPSA) is 540 Å². The molecule has 0 aromatic carbocycles. The number of nitrogens with one attached hydrogen (secondary N) is 13. The zero-order valence-corrected chi connectivity index (χ0v) is 59.3. The van der Waals surface area contributed by atoms with Gasteiger partial charge in [-0.25, -0.2) is 0 Å². The molecule has 98 heavy (non-hydrogen) atoms. The van der Waals surface area contributed by atoms with Gasteiger partial charge in [0.15, 0.2) is 0 Å². The molecule has 0 aromatic heterocycles. The highest BCUT2D eigenvalue weighted by atomic mass is 16.3. The summed E-state index contributed by atoms with van der Waals surface area (Å²) in [7, 11) is 0. The summed E-state index contributed by atoms with van der Waals surface area (Å²) in [5, 5.41) is 54.8. The van der Waals surface area contributed by atoms with Gasteiger partial charge in [-0.3, -0.25) is 67.1 Å². The fourth-order valence-electron chi connectivity index (χ4n) is 10.5. The summed E-state index contributed by atoms with van der Waals surface area (Å²) >= 11 is 0. The first-order valence-electron chi connectivity index (χ1n) is 35.0. The van der Waals surface area contributed by atoms with E-state index >= 15 is 0 Å². The molecule has 23 N–H and O–H groups in total. The first-order valence-corrected chi connectivity index (χ1v) is 35.0. The number of hydrogen-bond donors (Lipinski definition) is 19. The van der Waals surface area contributed by atoms with Crippen molar-refractivity contribution >= 4 is 82.7 Å². The molecule has 15 atom stereocenters. The molecule has 0 spiro atoms. The molecule has 1 aliphatic rings. The maximum absolute atomic E-state index is 14.3. The minimum absolute atomic E-state index is 0.0916. The summed E-state index contributed by atoms with van der Waals surface area (Å²) < 4.78 is 0. The highest BCUT2D eigenvalue weighted by Crippen LogP contribution is 2.17. The van der Waals surface area contributed by atoms with E-state index in [0.717, 1.165) is 12.8 Å². The summed E-state index contributed by atoms with van der Waals surface area (Å²) in [5.74, 6) is -13.9. The number of hydrogen-bond acceptors (Lipinski definition) is 19. The monoisotopic (exact) mass is 1390 g/mol. The Morgan fingerprint density at radius 1 is 0.418 bits per heavy atom. The lowest BCUT2D eigenvalue weighted by atomic mass is 9.94. The third-order valence-corrected chi connectivity index (χ3v) is 17.5. The molecule has 1 heterocycles. The SMILES string of the molecule is CCCC[C@@H](NC(=O)[C@H](CCCCN)NC(=O)[C@@H](CCCC)NC(=O)[C@H](CO)NC(=O)[C@@H](NC(=O)CNC(=O)[C@@H](NC(=O)[C@H](CO)NC(=O)[C@H](CCC(N)=O)NC(=O)[C@@H](NC(=O)[C@@H](NC(=O)[C@H](CCCCN)NC(=O)[C@@H]1CCCN1)[C@@H](C)CC)[C@@H](C)CC)C(C)C)[C@@H](C)CC)C(N)=O. The number of nitrogens with two attached hydrogens (primary N) is 4. The van der Waals surface area contributed by atoms with Crippen molar-refractivity contribution < 1.29 is 77.3 Å². The van der Waals surface area contributed by atoms with E-state index in [-0.39, 0.29) is 31.6 Å². The van der Waals surface area contributed by atoms with Crippen molar-refractivity contribution in [3.05, 3.63) is 0 Å². The van der Waals surface area contributed by atoms with Crippen LogP contribution in [-0.4, -0.2) is 205 Å². The molecule has 1 fully saturated rings. The maximum Gasteiger partial charge on any atom is 0.245 e. The van der Waals surface area contributed by atoms with Gasteiger partial charge in [0.05, 0.1) is 25.8 Å². The van der Waals surface area contributed by atoms with E-state index in [1.807, 2.05) is 13.8 Å². The van der Waals surface area contributed by atoms with Crippen LogP contribution in [0, 0.1) is 23.7 Å². The number of aliphatic hydroxyl groups excluding tert-OH is 2. The van der Waals surface area contributed by atoms with Gasteiger partial charge >= 0.3 is 0 Å². The van der Waals surface area contributed by atoms with Crippen LogP contribution >= 0.6 is 0 Å². The lowest BCUT2D eigenvalue weighted by molar-refractivity contribution is -0.137. The van der Waals surface area contributed by atoms with Gasteiger partial charge in [0.2, 0.25) is 82.7 Å². The molecule has 33 nitrogen and oxygen atoms in total. The summed E-state index contributed by atoms with van der Waals surface area (Å²) in [5.41, 5.74) is 22.4. The number of unbranched alkanes of at least 4 members (excludes halogenated alkanes) is 4. The van der Waals surface area contributed by atoms with Gasteiger partial charge in [-0.15, -0.1) is 0 Å². The molecule has 0 unspecified atom stereocenters. The molecular weight excluding hydrogens is 1270 g/mol. The number of rotatable bonds is 51. The van der Waals surface area contributed by atoms with Gasteiger partial charge in [0.25, 0.3) is 0 Å². The van der Waals surface area contributed by atoms with Crippen molar-refractivity contribution in [2.45, 2.75) is 264 Å². The largest absolute Gasteiger partial charge is 0.394 e. The van der Waals surface area contributed by atoms with Crippen molar-refractivity contribution in [3.63, 3.8) is 0 Å². The van der Waals surface area contributed by atoms with Crippen molar-refractivity contribution in [1.82, 2.24) is 69.1 Å². The molecule has 560 valence electrons. The molecule has 0 aromatic rings. The minimum Gasteiger partial charge on any atom is -0.394 e. The standard InChI is InChI=1S/C65H119N17O16/c1-11-16-23-40(54(69)87)72-56(89)43(25-18-20-30-66)74-57(90)42(24-17-12-2)75-60(93)46(34-83)78-63(96)51(37(8)13-3)79-49(86)33-71-62(95)50(36(6)7)80-61(94)47(35-84)77-58(91)45(28-29-48(68)85)76-64(97)52(38(9)14-4)82-65(98)53(39(10)15-5)81-59(92)44(26-19-21-31-67)73-55(88)41-27-22-32-70-41/h36-47,50-53,70,83-84H,11-35,66-67H2,1-10H3,(H2,68,85)(H2,69,87)(H,71,95)(H,72,89)(H,73,88)(H,74,90)(H,75,93)(H,76,97)(H,77,91)(H,78,96)(H,79,86)(H,80,94)(H,81,92)(H,82,98)/t37-,38-,39-,40+,41-,42+,43-,44-,45-,46-,47-,50-,51-,52-,53-/m0/s1. The van der Waals surface area contributed by atoms with Crippen LogP contribution in [-0.2, 0) is 67.1 Å². The van der Waals surface area contributed by atoms with Crippen LogP contribution in [0.2, 0.25) is 0 Å². The highest BCUT2D eigenvalue weighted by Gasteiger charge is 2.39. The smallest absolute Gasteiger partial charge is 0.245 e. The molecule has 0 radical (unpaired) electrons. The average Bonchev–Trinajstić information content (AvgIpc) is 1.84. The predicted octanol–water partition coefficient (Wildman–Crippen LogP) is -3.64. The normalized spacial score (nSPS) is 17.1. The molecule has 0 aliphatic carbocycles. The second-order valence-corrected chi connectivity index (χ2v) is 25.8. The van der Waals surface area contributed by atoms with Gasteiger partial charge in [-0.1, -0.05) is 114 Å². The lowest BCUT2D eigenvalue weighted by Crippen LogP contribution is -2.62. The Hall–Kier alpha value is -7.62. The molecule has 1 rings (SSSR count). The van der Waals surface area contributed by atoms with Crippen LogP contribution in [0.5, 0.6) is 0 Å². The van der Waals surface area contributed by atoms with Gasteiger partial charge < -0.3 is 102 Å². The summed E-state index contributed by atoms with van der Waals surface area (Å²) in [6, 6.07) is -15.2. The van der Waals surface area contributed by atoms with E-state index < -0.39 is 206 Å². The number of aliphatic hydroxyl groups is 2. The average molecular weight is 1390 g/mol. The predicted molar refractivity (Wildman–Crippen MR) is 365 cm³/mol. The van der Waals surface area contributed by atoms with E-state index in [1.54, 1.807) is 55.4 Å². The lowest BCUT2D eigenvalue weighted by Gasteiger charge is -2.31. The first kappa shape index (κ1) is 88.4. The number of carbonyl (C=O) groups is 14. The quantitative estimate of drug-likeness (QED) is 0.0261. The fourth-order valence-corrected chi connectivity index (χ4v) is 10.5. The Morgan fingerprint density at radius 3 is 1.19 bits per heavy atom. The number of amides is 14. The van der Waals surface area contributed by atoms with Crippen LogP contribution < -0.4 is 92.1 Å². The van der Waals surface area contributed by atoms with Gasteiger partial charge in [0.1, 0.15) is 66.5 Å². The molecule has 1 aliphatic heterocycles. The van der Waals surface area contributed by atoms with Crippen LogP contribution in [0.4, 0.5) is 0 Å². The van der Waals surface area contributed by atoms with Crippen molar-refractivity contribution in [2.75, 3.05) is 39.4 Å².